The molecule has 1 aromatic carbocycles. The van der Waals surface area contributed by atoms with Crippen LogP contribution >= 0.6 is 11.6 Å². The van der Waals surface area contributed by atoms with E-state index in [-0.39, 0.29) is 6.61 Å². The van der Waals surface area contributed by atoms with E-state index in [9.17, 15) is 18.3 Å². The Bertz CT molecular complexity index is 581. The lowest BCUT2D eigenvalue weighted by Gasteiger charge is -2.10. The number of rotatable bonds is 2. The van der Waals surface area contributed by atoms with Gasteiger partial charge >= 0.3 is 6.18 Å². The molecule has 19 heavy (non-hydrogen) atoms. The van der Waals surface area contributed by atoms with Crippen LogP contribution in [0, 0.1) is 0 Å². The quantitative estimate of drug-likeness (QED) is 0.908. The maximum atomic E-state index is 12.4. The van der Waals surface area contributed by atoms with Gasteiger partial charge in [-0.05, 0) is 29.3 Å². The van der Waals surface area contributed by atoms with Crippen LogP contribution in [-0.2, 0) is 12.8 Å². The van der Waals surface area contributed by atoms with Crippen molar-refractivity contribution in [3.05, 3.63) is 52.8 Å². The van der Waals surface area contributed by atoms with Crippen LogP contribution in [0.3, 0.4) is 0 Å². The van der Waals surface area contributed by atoms with E-state index in [2.05, 4.69) is 4.98 Å². The maximum Gasteiger partial charge on any atom is 0.433 e. The minimum absolute atomic E-state index is 0.253. The van der Waals surface area contributed by atoms with Gasteiger partial charge in [-0.2, -0.15) is 13.2 Å². The molecule has 2 aromatic rings. The molecule has 2 rings (SSSR count). The lowest BCUT2D eigenvalue weighted by molar-refractivity contribution is -0.141. The van der Waals surface area contributed by atoms with E-state index >= 15 is 0 Å². The molecule has 0 fully saturated rings. The highest BCUT2D eigenvalue weighted by Gasteiger charge is 2.32. The Hall–Kier alpha value is -1.59. The maximum absolute atomic E-state index is 12.4. The molecule has 1 heterocycles. The Morgan fingerprint density at radius 3 is 2.42 bits per heavy atom. The Labute approximate surface area is 112 Å². The lowest BCUT2D eigenvalue weighted by Crippen LogP contribution is -2.07. The summed E-state index contributed by atoms with van der Waals surface area (Å²) in [4.78, 5) is 3.38. The molecular weight excluding hydrogens is 279 g/mol. The van der Waals surface area contributed by atoms with E-state index in [0.717, 1.165) is 12.3 Å². The van der Waals surface area contributed by atoms with Crippen LogP contribution in [0.25, 0.3) is 11.1 Å². The summed E-state index contributed by atoms with van der Waals surface area (Å²) in [5.74, 6) is 0. The minimum atomic E-state index is -4.46. The highest BCUT2D eigenvalue weighted by atomic mass is 35.5. The van der Waals surface area contributed by atoms with Gasteiger partial charge in [0, 0.05) is 16.8 Å². The molecular formula is C13H9ClF3NO. The largest absolute Gasteiger partial charge is 0.433 e. The molecule has 0 atom stereocenters. The monoisotopic (exact) mass is 287 g/mol. The van der Waals surface area contributed by atoms with Crippen molar-refractivity contribution in [1.82, 2.24) is 4.98 Å². The van der Waals surface area contributed by atoms with Crippen LogP contribution in [0.1, 0.15) is 11.3 Å². The molecule has 0 radical (unpaired) electrons. The second-order valence-electron chi connectivity index (χ2n) is 3.89. The highest BCUT2D eigenvalue weighted by Crippen LogP contribution is 2.30. The zero-order valence-corrected chi connectivity index (χ0v) is 10.3. The third-order valence-electron chi connectivity index (χ3n) is 2.60. The molecule has 0 saturated carbocycles. The van der Waals surface area contributed by atoms with Gasteiger partial charge in [-0.15, -0.1) is 0 Å². The standard InChI is InChI=1S/C13H9ClF3NO/c14-10-2-3-11(9(5-10)7-19)8-1-4-12(18-6-8)13(15,16)17/h1-6,19H,7H2. The van der Waals surface area contributed by atoms with Crippen LogP contribution in [0.2, 0.25) is 5.02 Å². The molecule has 0 amide bonds. The number of hydrogen-bond acceptors (Lipinski definition) is 2. The third kappa shape index (κ3) is 3.05. The average Bonchev–Trinajstić information content (AvgIpc) is 2.37. The first-order valence-corrected chi connectivity index (χ1v) is 5.72. The molecule has 100 valence electrons. The van der Waals surface area contributed by atoms with Crippen molar-refractivity contribution in [2.75, 3.05) is 0 Å². The van der Waals surface area contributed by atoms with E-state index in [1.54, 1.807) is 18.2 Å². The Morgan fingerprint density at radius 1 is 1.16 bits per heavy atom. The first-order valence-electron chi connectivity index (χ1n) is 5.34. The van der Waals surface area contributed by atoms with Gasteiger partial charge in [-0.25, -0.2) is 0 Å². The average molecular weight is 288 g/mol. The number of pyridine rings is 1. The summed E-state index contributed by atoms with van der Waals surface area (Å²) in [7, 11) is 0. The fourth-order valence-corrected chi connectivity index (χ4v) is 1.89. The smallest absolute Gasteiger partial charge is 0.392 e. The Kier molecular flexibility index (Phi) is 3.78. The summed E-state index contributed by atoms with van der Waals surface area (Å²) in [6.07, 6.45) is -3.33. The van der Waals surface area contributed by atoms with Crippen molar-refractivity contribution < 1.29 is 18.3 Å². The number of alkyl halides is 3. The molecule has 0 saturated heterocycles. The van der Waals surface area contributed by atoms with Gasteiger partial charge in [0.1, 0.15) is 5.69 Å². The number of aliphatic hydroxyl groups is 1. The minimum Gasteiger partial charge on any atom is -0.392 e. The van der Waals surface area contributed by atoms with Gasteiger partial charge in [0.25, 0.3) is 0 Å². The number of halogens is 4. The topological polar surface area (TPSA) is 33.1 Å². The molecule has 0 unspecified atom stereocenters. The van der Waals surface area contributed by atoms with E-state index in [1.807, 2.05) is 0 Å². The molecule has 1 aromatic heterocycles. The van der Waals surface area contributed by atoms with Gasteiger partial charge in [0.05, 0.1) is 6.61 Å². The van der Waals surface area contributed by atoms with Crippen molar-refractivity contribution in [1.29, 1.82) is 0 Å². The van der Waals surface area contributed by atoms with Gasteiger partial charge in [-0.1, -0.05) is 23.7 Å². The van der Waals surface area contributed by atoms with Crippen molar-refractivity contribution in [2.45, 2.75) is 12.8 Å². The second-order valence-corrected chi connectivity index (χ2v) is 4.33. The highest BCUT2D eigenvalue weighted by molar-refractivity contribution is 6.30. The fraction of sp³-hybridized carbons (Fsp3) is 0.154. The van der Waals surface area contributed by atoms with Gasteiger partial charge in [-0.3, -0.25) is 4.98 Å². The van der Waals surface area contributed by atoms with Crippen LogP contribution in [0.5, 0.6) is 0 Å². The second kappa shape index (κ2) is 5.19. The summed E-state index contributed by atoms with van der Waals surface area (Å²) >= 11 is 5.79. The fourth-order valence-electron chi connectivity index (χ4n) is 1.70. The predicted molar refractivity (Wildman–Crippen MR) is 65.6 cm³/mol. The van der Waals surface area contributed by atoms with E-state index in [4.69, 9.17) is 11.6 Å². The van der Waals surface area contributed by atoms with E-state index in [0.29, 0.717) is 21.7 Å². The summed E-state index contributed by atoms with van der Waals surface area (Å²) in [5, 5.41) is 9.68. The number of aliphatic hydroxyl groups excluding tert-OH is 1. The molecule has 0 aliphatic rings. The normalized spacial score (nSPS) is 11.6. The number of aromatic nitrogens is 1. The SMILES string of the molecule is OCc1cc(Cl)ccc1-c1ccc(C(F)(F)F)nc1. The van der Waals surface area contributed by atoms with Gasteiger partial charge < -0.3 is 5.11 Å². The number of hydrogen-bond donors (Lipinski definition) is 1. The first kappa shape index (κ1) is 13.8. The van der Waals surface area contributed by atoms with Crippen molar-refractivity contribution >= 4 is 11.6 Å². The summed E-state index contributed by atoms with van der Waals surface area (Å²) < 4.78 is 37.2. The number of benzene rings is 1. The Morgan fingerprint density at radius 2 is 1.89 bits per heavy atom. The van der Waals surface area contributed by atoms with Crippen molar-refractivity contribution in [3.63, 3.8) is 0 Å². The van der Waals surface area contributed by atoms with Crippen LogP contribution < -0.4 is 0 Å². The zero-order chi connectivity index (χ0) is 14.0. The van der Waals surface area contributed by atoms with Crippen LogP contribution in [0.4, 0.5) is 13.2 Å². The third-order valence-corrected chi connectivity index (χ3v) is 2.84. The van der Waals surface area contributed by atoms with Crippen LogP contribution in [0.15, 0.2) is 36.5 Å². The molecule has 6 heteroatoms. The summed E-state index contributed by atoms with van der Waals surface area (Å²) in [6, 6.07) is 7.03. The summed E-state index contributed by atoms with van der Waals surface area (Å²) in [6.45, 7) is -0.253. The molecule has 0 bridgehead atoms. The summed E-state index contributed by atoms with van der Waals surface area (Å²) in [5.41, 5.74) is 0.687. The van der Waals surface area contributed by atoms with E-state index in [1.165, 1.54) is 6.07 Å². The van der Waals surface area contributed by atoms with Crippen molar-refractivity contribution in [3.8, 4) is 11.1 Å². The molecule has 0 spiro atoms. The lowest BCUT2D eigenvalue weighted by atomic mass is 10.0. The van der Waals surface area contributed by atoms with Crippen LogP contribution in [-0.4, -0.2) is 10.1 Å². The molecule has 2 nitrogen and oxygen atoms in total. The predicted octanol–water partition coefficient (Wildman–Crippen LogP) is 3.91. The first-order chi connectivity index (χ1) is 8.91. The van der Waals surface area contributed by atoms with Gasteiger partial charge in [0.15, 0.2) is 0 Å². The van der Waals surface area contributed by atoms with Crippen molar-refractivity contribution in [2.24, 2.45) is 0 Å². The molecule has 0 aliphatic carbocycles. The van der Waals surface area contributed by atoms with E-state index < -0.39 is 11.9 Å². The molecule has 0 aliphatic heterocycles. The molecule has 1 N–H and O–H groups in total. The zero-order valence-electron chi connectivity index (χ0n) is 9.58. The Balaban J connectivity index is 2.43. The number of nitrogens with zero attached hydrogens (tertiary/aromatic N) is 1. The van der Waals surface area contributed by atoms with Gasteiger partial charge in [0.2, 0.25) is 0 Å².